The Morgan fingerprint density at radius 2 is 2.00 bits per heavy atom. The second kappa shape index (κ2) is 5.57. The van der Waals surface area contributed by atoms with Gasteiger partial charge in [-0.15, -0.1) is 0 Å². The fourth-order valence-electron chi connectivity index (χ4n) is 2.37. The van der Waals surface area contributed by atoms with Crippen molar-refractivity contribution in [3.8, 4) is 11.4 Å². The van der Waals surface area contributed by atoms with E-state index in [1.54, 1.807) is 24.7 Å². The lowest BCUT2D eigenvalue weighted by Gasteiger charge is -2.03. The Morgan fingerprint density at radius 1 is 1.13 bits per heavy atom. The summed E-state index contributed by atoms with van der Waals surface area (Å²) in [6, 6.07) is 11.9. The Kier molecular flexibility index (Phi) is 3.27. The van der Waals surface area contributed by atoms with Gasteiger partial charge < -0.3 is 14.3 Å². The van der Waals surface area contributed by atoms with Gasteiger partial charge in [0.1, 0.15) is 24.0 Å². The topological polar surface area (TPSA) is 55.7 Å². The van der Waals surface area contributed by atoms with Crippen molar-refractivity contribution in [3.63, 3.8) is 0 Å². The molecule has 2 heterocycles. The third-order valence-electron chi connectivity index (χ3n) is 3.51. The number of imidazole rings is 2. The van der Waals surface area contributed by atoms with Crippen molar-refractivity contribution in [1.29, 1.82) is 0 Å². The molecular weight excluding hydrogens is 295 g/mol. The normalized spacial score (nSPS) is 11.0. The van der Waals surface area contributed by atoms with Gasteiger partial charge in [0, 0.05) is 18.1 Å². The van der Waals surface area contributed by atoms with Crippen LogP contribution in [0.15, 0.2) is 61.2 Å². The van der Waals surface area contributed by atoms with Gasteiger partial charge in [-0.2, -0.15) is 0 Å². The Morgan fingerprint density at radius 3 is 2.78 bits per heavy atom. The highest BCUT2D eigenvalue weighted by Crippen LogP contribution is 2.18. The van der Waals surface area contributed by atoms with Crippen molar-refractivity contribution < 1.29 is 9.13 Å². The Labute approximate surface area is 131 Å². The minimum absolute atomic E-state index is 0.284. The number of H-pyrrole nitrogens is 1. The number of ether oxygens (including phenoxy) is 1. The molecule has 0 amide bonds. The molecule has 0 saturated heterocycles. The molecule has 2 aromatic heterocycles. The van der Waals surface area contributed by atoms with Crippen LogP contribution in [0.2, 0.25) is 0 Å². The van der Waals surface area contributed by atoms with Gasteiger partial charge >= 0.3 is 0 Å². The van der Waals surface area contributed by atoms with Crippen LogP contribution in [0.25, 0.3) is 16.7 Å². The molecule has 0 aliphatic carbocycles. The predicted octanol–water partition coefficient (Wildman–Crippen LogP) is 3.47. The molecule has 2 aromatic carbocycles. The molecule has 23 heavy (non-hydrogen) atoms. The summed E-state index contributed by atoms with van der Waals surface area (Å²) in [4.78, 5) is 11.8. The molecule has 0 fully saturated rings. The first-order valence-corrected chi connectivity index (χ1v) is 7.13. The van der Waals surface area contributed by atoms with Crippen LogP contribution in [-0.4, -0.2) is 19.5 Å². The van der Waals surface area contributed by atoms with Crippen molar-refractivity contribution in [2.75, 3.05) is 0 Å². The van der Waals surface area contributed by atoms with E-state index in [0.29, 0.717) is 18.2 Å². The zero-order chi connectivity index (χ0) is 15.6. The predicted molar refractivity (Wildman–Crippen MR) is 83.9 cm³/mol. The fraction of sp³-hybridized carbons (Fsp3) is 0.0588. The van der Waals surface area contributed by atoms with Crippen LogP contribution < -0.4 is 4.74 Å². The van der Waals surface area contributed by atoms with Gasteiger partial charge in [0.15, 0.2) is 0 Å². The van der Waals surface area contributed by atoms with Gasteiger partial charge in [-0.05, 0) is 42.5 Å². The van der Waals surface area contributed by atoms with Gasteiger partial charge in [-0.25, -0.2) is 14.4 Å². The number of hydrogen-bond acceptors (Lipinski definition) is 3. The Balaban J connectivity index is 1.55. The van der Waals surface area contributed by atoms with E-state index in [4.69, 9.17) is 4.74 Å². The maximum Gasteiger partial charge on any atom is 0.146 e. The summed E-state index contributed by atoms with van der Waals surface area (Å²) in [6.45, 7) is 0.292. The van der Waals surface area contributed by atoms with Crippen LogP contribution in [0.5, 0.6) is 5.75 Å². The lowest BCUT2D eigenvalue weighted by Crippen LogP contribution is -1.97. The molecule has 0 aliphatic heterocycles. The average Bonchev–Trinajstić information content (AvgIpc) is 3.23. The number of aromatic nitrogens is 4. The minimum atomic E-state index is -0.284. The molecule has 0 saturated carbocycles. The van der Waals surface area contributed by atoms with Crippen LogP contribution in [-0.2, 0) is 6.61 Å². The molecule has 0 radical (unpaired) electrons. The molecule has 4 rings (SSSR count). The number of halogens is 1. The highest BCUT2D eigenvalue weighted by molar-refractivity contribution is 5.77. The first-order valence-electron chi connectivity index (χ1n) is 7.13. The van der Waals surface area contributed by atoms with Gasteiger partial charge in [0.05, 0.1) is 17.4 Å². The van der Waals surface area contributed by atoms with Crippen LogP contribution in [0.4, 0.5) is 4.39 Å². The number of aromatic amines is 1. The molecule has 114 valence electrons. The lowest BCUT2D eigenvalue weighted by atomic mass is 10.3. The van der Waals surface area contributed by atoms with E-state index < -0.39 is 0 Å². The summed E-state index contributed by atoms with van der Waals surface area (Å²) in [5.41, 5.74) is 2.80. The molecule has 1 N–H and O–H groups in total. The molecule has 5 nitrogen and oxygen atoms in total. The van der Waals surface area contributed by atoms with Gasteiger partial charge in [-0.1, -0.05) is 0 Å². The second-order valence-corrected chi connectivity index (χ2v) is 5.10. The molecule has 4 aromatic rings. The van der Waals surface area contributed by atoms with Gasteiger partial charge in [0.2, 0.25) is 0 Å². The van der Waals surface area contributed by atoms with Crippen molar-refractivity contribution in [2.24, 2.45) is 0 Å². The number of nitrogens with zero attached hydrogens (tertiary/aromatic N) is 3. The first-order chi connectivity index (χ1) is 11.3. The number of hydrogen-bond donors (Lipinski definition) is 1. The van der Waals surface area contributed by atoms with Crippen LogP contribution >= 0.6 is 0 Å². The van der Waals surface area contributed by atoms with E-state index in [1.807, 2.05) is 29.0 Å². The van der Waals surface area contributed by atoms with Gasteiger partial charge in [0.25, 0.3) is 0 Å². The number of benzene rings is 2. The molecular formula is C17H13FN4O. The number of fused-ring (bicyclic) bond motifs is 1. The lowest BCUT2D eigenvalue weighted by molar-refractivity contribution is 0.297. The van der Waals surface area contributed by atoms with Crippen molar-refractivity contribution in [1.82, 2.24) is 19.5 Å². The maximum atomic E-state index is 12.9. The highest BCUT2D eigenvalue weighted by Gasteiger charge is 2.06. The molecule has 0 bridgehead atoms. The van der Waals surface area contributed by atoms with Crippen molar-refractivity contribution >= 4 is 11.0 Å². The quantitative estimate of drug-likeness (QED) is 0.628. The minimum Gasteiger partial charge on any atom is -0.486 e. The molecule has 0 atom stereocenters. The summed E-state index contributed by atoms with van der Waals surface area (Å²) in [6.07, 6.45) is 5.37. The van der Waals surface area contributed by atoms with E-state index in [0.717, 1.165) is 16.7 Å². The monoisotopic (exact) mass is 308 g/mol. The van der Waals surface area contributed by atoms with Crippen LogP contribution in [0, 0.1) is 5.82 Å². The standard InChI is InChI=1S/C17H13FN4O/c18-12-1-4-14(5-2-12)23-10-17-20-15-6-3-13(9-16(15)21-17)22-8-7-19-11-22/h1-9,11H,10H2,(H,20,21). The largest absolute Gasteiger partial charge is 0.486 e. The summed E-state index contributed by atoms with van der Waals surface area (Å²) in [7, 11) is 0. The SMILES string of the molecule is Fc1ccc(OCc2nc3ccc(-n4ccnc4)cc3[nH]2)cc1. The van der Waals surface area contributed by atoms with E-state index in [-0.39, 0.29) is 5.82 Å². The zero-order valence-electron chi connectivity index (χ0n) is 12.1. The third-order valence-corrected chi connectivity index (χ3v) is 3.51. The Bertz CT molecular complexity index is 929. The maximum absolute atomic E-state index is 12.9. The van der Waals surface area contributed by atoms with Crippen molar-refractivity contribution in [3.05, 3.63) is 72.8 Å². The van der Waals surface area contributed by atoms with Crippen LogP contribution in [0.1, 0.15) is 5.82 Å². The average molecular weight is 308 g/mol. The smallest absolute Gasteiger partial charge is 0.146 e. The fourth-order valence-corrected chi connectivity index (χ4v) is 2.37. The molecule has 0 unspecified atom stereocenters. The van der Waals surface area contributed by atoms with Gasteiger partial charge in [-0.3, -0.25) is 0 Å². The molecule has 0 spiro atoms. The molecule has 6 heteroatoms. The number of rotatable bonds is 4. The van der Waals surface area contributed by atoms with E-state index in [9.17, 15) is 4.39 Å². The number of nitrogens with one attached hydrogen (secondary N) is 1. The van der Waals surface area contributed by atoms with E-state index in [1.165, 1.54) is 12.1 Å². The Hall–Kier alpha value is -3.15. The summed E-state index contributed by atoms with van der Waals surface area (Å²) >= 11 is 0. The summed E-state index contributed by atoms with van der Waals surface area (Å²) in [5.74, 6) is 1.03. The second-order valence-electron chi connectivity index (χ2n) is 5.10. The van der Waals surface area contributed by atoms with E-state index in [2.05, 4.69) is 15.0 Å². The zero-order valence-corrected chi connectivity index (χ0v) is 12.1. The van der Waals surface area contributed by atoms with Crippen LogP contribution in [0.3, 0.4) is 0 Å². The summed E-state index contributed by atoms with van der Waals surface area (Å²) < 4.78 is 20.4. The molecule has 0 aliphatic rings. The van der Waals surface area contributed by atoms with E-state index >= 15 is 0 Å². The first kappa shape index (κ1) is 13.5. The highest BCUT2D eigenvalue weighted by atomic mass is 19.1. The third kappa shape index (κ3) is 2.78. The summed E-state index contributed by atoms with van der Waals surface area (Å²) in [5, 5.41) is 0. The van der Waals surface area contributed by atoms with Crippen molar-refractivity contribution in [2.45, 2.75) is 6.61 Å².